The number of aliphatic carboxylic acids is 1. The number of anilines is 1. The fourth-order valence-electron chi connectivity index (χ4n) is 4.25. The van der Waals surface area contributed by atoms with Crippen LogP contribution in [0.3, 0.4) is 0 Å². The van der Waals surface area contributed by atoms with Crippen LogP contribution in [-0.4, -0.2) is 30.3 Å². The molecule has 7 heteroatoms. The van der Waals surface area contributed by atoms with E-state index < -0.39 is 5.97 Å². The fourth-order valence-corrected chi connectivity index (χ4v) is 4.25. The van der Waals surface area contributed by atoms with Gasteiger partial charge in [-0.1, -0.05) is 49.4 Å². The van der Waals surface area contributed by atoms with Crippen molar-refractivity contribution in [2.45, 2.75) is 31.4 Å². The largest absolute Gasteiger partial charge is 0.483 e. The number of nitrogens with one attached hydrogen (secondary N) is 2. The summed E-state index contributed by atoms with van der Waals surface area (Å²) in [5.74, 6) is -0.629. The monoisotopic (exact) mass is 459 g/mol. The molecule has 0 unspecified atom stereocenters. The molecule has 0 spiro atoms. The molecule has 3 aromatic carbocycles. The number of ether oxygens (including phenoxy) is 1. The van der Waals surface area contributed by atoms with Gasteiger partial charge in [-0.2, -0.15) is 5.26 Å². The Balaban J connectivity index is 1.56. The van der Waals surface area contributed by atoms with Crippen LogP contribution in [0.15, 0.2) is 66.7 Å². The van der Waals surface area contributed by atoms with E-state index in [-0.39, 0.29) is 30.3 Å². The predicted molar refractivity (Wildman–Crippen MR) is 127 cm³/mol. The Bertz CT molecular complexity index is 1220. The van der Waals surface area contributed by atoms with Gasteiger partial charge in [-0.05, 0) is 46.9 Å². The van der Waals surface area contributed by atoms with E-state index in [1.54, 1.807) is 24.3 Å². The van der Waals surface area contributed by atoms with Crippen molar-refractivity contribution < 1.29 is 19.0 Å². The van der Waals surface area contributed by atoms with Crippen molar-refractivity contribution in [3.63, 3.8) is 0 Å². The number of nitrogens with zero attached hydrogens (tertiary/aromatic N) is 1. The van der Waals surface area contributed by atoms with Crippen LogP contribution in [0.25, 0.3) is 0 Å². The highest BCUT2D eigenvalue weighted by molar-refractivity contribution is 5.70. The lowest BCUT2D eigenvalue weighted by molar-refractivity contribution is -0.136. The van der Waals surface area contributed by atoms with Gasteiger partial charge in [-0.25, -0.2) is 4.39 Å². The van der Waals surface area contributed by atoms with Gasteiger partial charge in [0.25, 0.3) is 0 Å². The van der Waals surface area contributed by atoms with E-state index in [1.165, 1.54) is 12.1 Å². The number of rotatable bonds is 8. The number of carboxylic acids is 1. The summed E-state index contributed by atoms with van der Waals surface area (Å²) in [6, 6.07) is 21.2. The number of benzene rings is 3. The van der Waals surface area contributed by atoms with Crippen LogP contribution < -0.4 is 15.4 Å². The minimum absolute atomic E-state index is 0.0257. The molecule has 3 N–H and O–H groups in total. The highest BCUT2D eigenvalue weighted by atomic mass is 19.1. The van der Waals surface area contributed by atoms with Crippen molar-refractivity contribution in [3.05, 3.63) is 94.8 Å². The summed E-state index contributed by atoms with van der Waals surface area (Å²) in [5.41, 5.74) is 3.72. The highest BCUT2D eigenvalue weighted by Crippen LogP contribution is 2.35. The summed E-state index contributed by atoms with van der Waals surface area (Å²) in [6.45, 7) is 3.10. The Morgan fingerprint density at radius 1 is 1.21 bits per heavy atom. The maximum atomic E-state index is 14.1. The number of hydrogen-bond donors (Lipinski definition) is 3. The van der Waals surface area contributed by atoms with E-state index in [1.807, 2.05) is 30.3 Å². The first-order valence-electron chi connectivity index (χ1n) is 11.2. The minimum Gasteiger partial charge on any atom is -0.483 e. The van der Waals surface area contributed by atoms with Crippen LogP contribution in [0.2, 0.25) is 0 Å². The summed E-state index contributed by atoms with van der Waals surface area (Å²) < 4.78 is 20.4. The lowest BCUT2D eigenvalue weighted by Crippen LogP contribution is -2.43. The molecule has 0 saturated heterocycles. The van der Waals surface area contributed by atoms with Crippen molar-refractivity contribution in [1.82, 2.24) is 5.32 Å². The third-order valence-corrected chi connectivity index (χ3v) is 6.00. The Morgan fingerprint density at radius 3 is 2.74 bits per heavy atom. The number of nitriles is 1. The standard InChI is InChI=1S/C27H26FN3O3/c1-17(19-6-2-5-18(11-19)12-25(32)33)15-31-26(20-7-3-9-22(28)13-20)24-16-30-23-10-4-8-21(14-29)27(23)34-24/h2-11,13,17,24,26,30-31H,12,15-16H2,1H3,(H,32,33)/t17-,24-,26-/m1/s1. The average molecular weight is 460 g/mol. The van der Waals surface area contributed by atoms with Gasteiger partial charge in [0, 0.05) is 6.54 Å². The molecule has 4 rings (SSSR count). The number of carbonyl (C=O) groups is 1. The molecular weight excluding hydrogens is 433 g/mol. The Kier molecular flexibility index (Phi) is 7.09. The summed E-state index contributed by atoms with van der Waals surface area (Å²) in [6.07, 6.45) is -0.406. The third-order valence-electron chi connectivity index (χ3n) is 6.00. The zero-order valence-corrected chi connectivity index (χ0v) is 18.8. The first-order valence-corrected chi connectivity index (χ1v) is 11.2. The van der Waals surface area contributed by atoms with Crippen LogP contribution in [0.5, 0.6) is 5.75 Å². The molecule has 0 saturated carbocycles. The van der Waals surface area contributed by atoms with Crippen molar-refractivity contribution in [3.8, 4) is 11.8 Å². The molecule has 34 heavy (non-hydrogen) atoms. The second-order valence-corrected chi connectivity index (χ2v) is 8.49. The maximum Gasteiger partial charge on any atom is 0.307 e. The molecule has 1 aliphatic rings. The molecule has 0 fully saturated rings. The Morgan fingerprint density at radius 2 is 1.97 bits per heavy atom. The molecule has 6 nitrogen and oxygen atoms in total. The van der Waals surface area contributed by atoms with E-state index in [9.17, 15) is 14.4 Å². The molecule has 3 atom stereocenters. The van der Waals surface area contributed by atoms with Gasteiger partial charge in [-0.3, -0.25) is 4.79 Å². The van der Waals surface area contributed by atoms with Crippen molar-refractivity contribution in [1.29, 1.82) is 5.26 Å². The van der Waals surface area contributed by atoms with Gasteiger partial charge in [-0.15, -0.1) is 0 Å². The Hall–Kier alpha value is -3.89. The quantitative estimate of drug-likeness (QED) is 0.455. The lowest BCUT2D eigenvalue weighted by atomic mass is 9.95. The molecule has 0 aliphatic carbocycles. The third kappa shape index (κ3) is 5.36. The summed E-state index contributed by atoms with van der Waals surface area (Å²) >= 11 is 0. The maximum absolute atomic E-state index is 14.1. The molecule has 3 aromatic rings. The Labute approximate surface area is 198 Å². The molecule has 0 radical (unpaired) electrons. The van der Waals surface area contributed by atoms with Crippen LogP contribution in [0.1, 0.15) is 41.1 Å². The number of halogens is 1. The van der Waals surface area contributed by atoms with E-state index in [2.05, 4.69) is 23.6 Å². The van der Waals surface area contributed by atoms with E-state index >= 15 is 0 Å². The minimum atomic E-state index is -0.868. The molecular formula is C27H26FN3O3. The highest BCUT2D eigenvalue weighted by Gasteiger charge is 2.30. The molecule has 174 valence electrons. The van der Waals surface area contributed by atoms with Crippen molar-refractivity contribution in [2.75, 3.05) is 18.4 Å². The SMILES string of the molecule is C[C@H](CN[C@H](c1cccc(F)c1)[C@H]1CNc2cccc(C#N)c2O1)c1cccc(CC(=O)O)c1. The number of fused-ring (bicyclic) bond motifs is 1. The van der Waals surface area contributed by atoms with E-state index in [0.29, 0.717) is 24.4 Å². The van der Waals surface area contributed by atoms with Gasteiger partial charge >= 0.3 is 5.97 Å². The van der Waals surface area contributed by atoms with Crippen LogP contribution in [-0.2, 0) is 11.2 Å². The van der Waals surface area contributed by atoms with Crippen LogP contribution >= 0.6 is 0 Å². The van der Waals surface area contributed by atoms with Gasteiger partial charge in [0.05, 0.1) is 30.3 Å². The summed E-state index contributed by atoms with van der Waals surface area (Å²) in [5, 5.41) is 25.4. The van der Waals surface area contributed by atoms with E-state index in [0.717, 1.165) is 22.4 Å². The normalized spacial score (nSPS) is 16.3. The number of para-hydroxylation sites is 1. The second-order valence-electron chi connectivity index (χ2n) is 8.49. The zero-order valence-electron chi connectivity index (χ0n) is 18.8. The van der Waals surface area contributed by atoms with E-state index in [4.69, 9.17) is 9.84 Å². The van der Waals surface area contributed by atoms with Crippen molar-refractivity contribution in [2.24, 2.45) is 0 Å². The summed E-state index contributed by atoms with van der Waals surface area (Å²) in [4.78, 5) is 11.1. The zero-order chi connectivity index (χ0) is 24.1. The lowest BCUT2D eigenvalue weighted by Gasteiger charge is -2.35. The fraction of sp³-hybridized carbons (Fsp3) is 0.259. The van der Waals surface area contributed by atoms with Gasteiger partial charge in [0.1, 0.15) is 18.0 Å². The van der Waals surface area contributed by atoms with Crippen LogP contribution in [0, 0.1) is 17.1 Å². The molecule has 0 bridgehead atoms. The number of hydrogen-bond acceptors (Lipinski definition) is 5. The summed E-state index contributed by atoms with van der Waals surface area (Å²) in [7, 11) is 0. The second kappa shape index (κ2) is 10.4. The topological polar surface area (TPSA) is 94.4 Å². The number of carboxylic acid groups (broad SMARTS) is 1. The van der Waals surface area contributed by atoms with Gasteiger partial charge < -0.3 is 20.5 Å². The van der Waals surface area contributed by atoms with Gasteiger partial charge in [0.15, 0.2) is 5.75 Å². The molecule has 1 heterocycles. The smallest absolute Gasteiger partial charge is 0.307 e. The molecule has 0 amide bonds. The van der Waals surface area contributed by atoms with Gasteiger partial charge in [0.2, 0.25) is 0 Å². The first kappa shape index (κ1) is 23.3. The first-order chi connectivity index (χ1) is 16.4. The predicted octanol–water partition coefficient (Wildman–Crippen LogP) is 4.63. The molecule has 0 aromatic heterocycles. The van der Waals surface area contributed by atoms with Crippen molar-refractivity contribution >= 4 is 11.7 Å². The van der Waals surface area contributed by atoms with Crippen LogP contribution in [0.4, 0.5) is 10.1 Å². The average Bonchev–Trinajstić information content (AvgIpc) is 2.83. The molecule has 1 aliphatic heterocycles.